The summed E-state index contributed by atoms with van der Waals surface area (Å²) in [5.74, 6) is -2.70. The first-order valence-corrected chi connectivity index (χ1v) is 12.1. The van der Waals surface area contributed by atoms with Gasteiger partial charge in [-0.3, -0.25) is 0 Å². The summed E-state index contributed by atoms with van der Waals surface area (Å²) in [5.41, 5.74) is 0. The van der Waals surface area contributed by atoms with E-state index in [4.69, 9.17) is 10.2 Å². The molecule has 6 nitrogen and oxygen atoms in total. The fourth-order valence-electron chi connectivity index (χ4n) is 3.18. The van der Waals surface area contributed by atoms with Crippen molar-refractivity contribution < 1.29 is 49.5 Å². The van der Waals surface area contributed by atoms with Gasteiger partial charge in [0.1, 0.15) is 0 Å². The van der Waals surface area contributed by atoms with E-state index in [1.165, 1.54) is 64.2 Å². The average molecular weight is 496 g/mol. The molecule has 0 heterocycles. The number of aliphatic carboxylic acids is 2. The fraction of sp³-hybridized carbons (Fsp3) is 0.917. The second kappa shape index (κ2) is 27.5. The minimum atomic E-state index is -1.35. The Kier molecular flexibility index (Phi) is 31.1. The number of aliphatic hydroxyl groups excluding tert-OH is 2. The van der Waals surface area contributed by atoms with Crippen LogP contribution in [-0.4, -0.2) is 34.4 Å². The number of carboxylic acids is 2. The van der Waals surface area contributed by atoms with Crippen LogP contribution in [0.25, 0.3) is 0 Å². The Balaban J connectivity index is -0.000000490. The second-order valence-electron chi connectivity index (χ2n) is 8.20. The molecule has 0 bridgehead atoms. The minimum absolute atomic E-state index is 0. The summed E-state index contributed by atoms with van der Waals surface area (Å²) in [4.78, 5) is 20.4. The van der Waals surface area contributed by atoms with Crippen molar-refractivity contribution in [3.63, 3.8) is 0 Å². The maximum Gasteiger partial charge on any atom is 2.00 e. The van der Waals surface area contributed by atoms with Crippen LogP contribution < -0.4 is 10.2 Å². The SMILES string of the molecule is CCCCCCCCCCC(O)C(=O)[O-].CCCCCCCCCCC(O)C(=O)[O-].[Zn+2]. The van der Waals surface area contributed by atoms with Crippen LogP contribution in [0.5, 0.6) is 0 Å². The Morgan fingerprint density at radius 3 is 1.00 bits per heavy atom. The largest absolute Gasteiger partial charge is 2.00 e. The molecule has 0 aromatic rings. The molecule has 0 amide bonds. The molecule has 0 aliphatic rings. The normalized spacial score (nSPS) is 12.3. The first-order chi connectivity index (χ1) is 14.4. The van der Waals surface area contributed by atoms with Crippen LogP contribution in [0.1, 0.15) is 129 Å². The first kappa shape index (κ1) is 35.1. The smallest absolute Gasteiger partial charge is 0.547 e. The van der Waals surface area contributed by atoms with E-state index in [1.54, 1.807) is 0 Å². The Morgan fingerprint density at radius 2 is 0.774 bits per heavy atom. The maximum absolute atomic E-state index is 10.2. The number of hydrogen-bond donors (Lipinski definition) is 2. The molecule has 7 heteroatoms. The third kappa shape index (κ3) is 29.5. The van der Waals surface area contributed by atoms with Gasteiger partial charge in [-0.2, -0.15) is 0 Å². The van der Waals surface area contributed by atoms with Crippen molar-refractivity contribution in [2.75, 3.05) is 0 Å². The molecule has 0 radical (unpaired) electrons. The molecule has 2 atom stereocenters. The van der Waals surface area contributed by atoms with Gasteiger partial charge < -0.3 is 30.0 Å². The van der Waals surface area contributed by atoms with Crippen molar-refractivity contribution in [3.05, 3.63) is 0 Å². The van der Waals surface area contributed by atoms with Gasteiger partial charge in [-0.1, -0.05) is 117 Å². The summed E-state index contributed by atoms with van der Waals surface area (Å²) in [6, 6.07) is 0. The average Bonchev–Trinajstić information content (AvgIpc) is 2.71. The van der Waals surface area contributed by atoms with Gasteiger partial charge in [-0.15, -0.1) is 0 Å². The quantitative estimate of drug-likeness (QED) is 0.197. The van der Waals surface area contributed by atoms with Crippen molar-refractivity contribution in [1.82, 2.24) is 0 Å². The van der Waals surface area contributed by atoms with Gasteiger partial charge in [0.2, 0.25) is 0 Å². The van der Waals surface area contributed by atoms with Crippen molar-refractivity contribution in [1.29, 1.82) is 0 Å². The zero-order chi connectivity index (χ0) is 23.0. The fourth-order valence-corrected chi connectivity index (χ4v) is 3.18. The van der Waals surface area contributed by atoms with Crippen LogP contribution in [0.15, 0.2) is 0 Å². The molecule has 0 aliphatic carbocycles. The molecule has 0 saturated carbocycles. The van der Waals surface area contributed by atoms with E-state index in [0.29, 0.717) is 12.8 Å². The monoisotopic (exact) mass is 494 g/mol. The number of carboxylic acid groups (broad SMARTS) is 2. The van der Waals surface area contributed by atoms with E-state index < -0.39 is 24.1 Å². The summed E-state index contributed by atoms with van der Waals surface area (Å²) in [6.45, 7) is 4.39. The van der Waals surface area contributed by atoms with Gasteiger partial charge in [-0.25, -0.2) is 0 Å². The van der Waals surface area contributed by atoms with Crippen molar-refractivity contribution in [2.24, 2.45) is 0 Å². The van der Waals surface area contributed by atoms with E-state index in [9.17, 15) is 19.8 Å². The number of carbonyl (C=O) groups excluding carboxylic acids is 2. The Labute approximate surface area is 203 Å². The molecule has 0 aliphatic heterocycles. The van der Waals surface area contributed by atoms with E-state index in [0.717, 1.165) is 38.5 Å². The third-order valence-electron chi connectivity index (χ3n) is 5.21. The van der Waals surface area contributed by atoms with Crippen LogP contribution >= 0.6 is 0 Å². The molecule has 0 aromatic carbocycles. The van der Waals surface area contributed by atoms with Crippen molar-refractivity contribution >= 4 is 11.9 Å². The van der Waals surface area contributed by atoms with Gasteiger partial charge in [0.25, 0.3) is 0 Å². The number of aliphatic hydroxyl groups is 2. The molecular weight excluding hydrogens is 450 g/mol. The molecule has 0 saturated heterocycles. The molecule has 31 heavy (non-hydrogen) atoms. The zero-order valence-electron chi connectivity index (χ0n) is 20.1. The zero-order valence-corrected chi connectivity index (χ0v) is 23.1. The van der Waals surface area contributed by atoms with Crippen molar-refractivity contribution in [2.45, 2.75) is 142 Å². The van der Waals surface area contributed by atoms with Crippen LogP contribution in [0.4, 0.5) is 0 Å². The second-order valence-corrected chi connectivity index (χ2v) is 8.20. The Hall–Kier alpha value is -0.517. The van der Waals surface area contributed by atoms with Gasteiger partial charge in [0.05, 0.1) is 24.1 Å². The van der Waals surface area contributed by atoms with E-state index in [-0.39, 0.29) is 19.5 Å². The van der Waals surface area contributed by atoms with Crippen LogP contribution in [0.3, 0.4) is 0 Å². The summed E-state index contributed by atoms with van der Waals surface area (Å²) in [7, 11) is 0. The number of hydrogen-bond acceptors (Lipinski definition) is 6. The van der Waals surface area contributed by atoms with Crippen LogP contribution in [0.2, 0.25) is 0 Å². The Bertz CT molecular complexity index is 356. The molecule has 0 rings (SSSR count). The van der Waals surface area contributed by atoms with Gasteiger partial charge >= 0.3 is 19.5 Å². The van der Waals surface area contributed by atoms with Gasteiger partial charge in [0, 0.05) is 0 Å². The minimum Gasteiger partial charge on any atom is -0.547 e. The Morgan fingerprint density at radius 1 is 0.548 bits per heavy atom. The summed E-state index contributed by atoms with van der Waals surface area (Å²) >= 11 is 0. The molecule has 180 valence electrons. The number of carbonyl (C=O) groups is 2. The van der Waals surface area contributed by atoms with Crippen molar-refractivity contribution in [3.8, 4) is 0 Å². The molecular formula is C24H46O6Zn. The van der Waals surface area contributed by atoms with E-state index in [1.807, 2.05) is 0 Å². The number of unbranched alkanes of at least 4 members (excludes halogenated alkanes) is 14. The molecule has 0 aromatic heterocycles. The summed E-state index contributed by atoms with van der Waals surface area (Å²) < 4.78 is 0. The topological polar surface area (TPSA) is 121 Å². The van der Waals surface area contributed by atoms with E-state index >= 15 is 0 Å². The number of rotatable bonds is 20. The summed E-state index contributed by atoms with van der Waals surface area (Å²) in [5, 5.41) is 38.2. The van der Waals surface area contributed by atoms with Crippen LogP contribution in [-0.2, 0) is 29.1 Å². The van der Waals surface area contributed by atoms with Gasteiger partial charge in [0.15, 0.2) is 0 Å². The van der Waals surface area contributed by atoms with E-state index in [2.05, 4.69) is 13.8 Å². The predicted molar refractivity (Wildman–Crippen MR) is 116 cm³/mol. The predicted octanol–water partition coefficient (Wildman–Crippen LogP) is 3.25. The molecule has 0 spiro atoms. The molecule has 2 N–H and O–H groups in total. The van der Waals surface area contributed by atoms with Gasteiger partial charge in [-0.05, 0) is 12.8 Å². The first-order valence-electron chi connectivity index (χ1n) is 12.1. The maximum atomic E-state index is 10.2. The summed E-state index contributed by atoms with van der Waals surface area (Å²) in [6.07, 6.45) is 16.7. The third-order valence-corrected chi connectivity index (χ3v) is 5.21. The standard InChI is InChI=1S/2C12H24O3.Zn/c2*1-2-3-4-5-6-7-8-9-10-11(13)12(14)15;/h2*11,13H,2-10H2,1H3,(H,14,15);/q;;+2/p-2. The van der Waals surface area contributed by atoms with Crippen LogP contribution in [0, 0.1) is 0 Å². The molecule has 2 unspecified atom stereocenters. The molecule has 0 fully saturated rings.